The van der Waals surface area contributed by atoms with Crippen LogP contribution < -0.4 is 16.4 Å². The van der Waals surface area contributed by atoms with Gasteiger partial charge in [-0.1, -0.05) is 28.1 Å². The number of aryl methyl sites for hydroxylation is 3. The van der Waals surface area contributed by atoms with Gasteiger partial charge in [0.2, 0.25) is 0 Å². The fourth-order valence-corrected chi connectivity index (χ4v) is 3.64. The number of amides is 2. The minimum Gasteiger partial charge on any atom is -0.367 e. The average Bonchev–Trinajstić information content (AvgIpc) is 3.06. The monoisotopic (exact) mass is 428 g/mol. The Balaban J connectivity index is 2.00. The smallest absolute Gasteiger partial charge is 0.252 e. The van der Waals surface area contributed by atoms with E-state index in [9.17, 15) is 9.59 Å². The highest BCUT2D eigenvalue weighted by Crippen LogP contribution is 2.34. The lowest BCUT2D eigenvalue weighted by molar-refractivity contribution is -0.129. The largest absolute Gasteiger partial charge is 0.367 e. The molecule has 2 atom stereocenters. The SMILES string of the molecule is Cc1ccc(NC(=O)C2N=CNC2(C(N)=O)c2cc(Br)ccc2C)cc1C. The van der Waals surface area contributed by atoms with Crippen molar-refractivity contribution < 1.29 is 9.59 Å². The summed E-state index contributed by atoms with van der Waals surface area (Å²) in [6, 6.07) is 10.1. The standard InChI is InChI=1S/C20H21BrN4O2/c1-11-5-7-15(8-13(11)3)25-18(26)17-20(19(22)27,24-10-23-17)16-9-14(21)6-4-12(16)2/h4-10,17H,1-3H3,(H2,22,27)(H,23,24)(H,25,26). The van der Waals surface area contributed by atoms with Crippen LogP contribution in [0.25, 0.3) is 0 Å². The van der Waals surface area contributed by atoms with Crippen LogP contribution in [0.15, 0.2) is 45.9 Å². The van der Waals surface area contributed by atoms with Crippen LogP contribution in [0.4, 0.5) is 5.69 Å². The fraction of sp³-hybridized carbons (Fsp3) is 0.250. The quantitative estimate of drug-likeness (QED) is 0.697. The Morgan fingerprint density at radius 3 is 2.48 bits per heavy atom. The molecule has 0 fully saturated rings. The summed E-state index contributed by atoms with van der Waals surface area (Å²) < 4.78 is 0.783. The number of nitrogens with zero attached hydrogens (tertiary/aromatic N) is 1. The molecule has 1 aliphatic rings. The van der Waals surface area contributed by atoms with Crippen molar-refractivity contribution in [2.75, 3.05) is 5.32 Å². The molecule has 140 valence electrons. The van der Waals surface area contributed by atoms with Gasteiger partial charge in [-0.05, 0) is 67.3 Å². The molecular formula is C20H21BrN4O2. The van der Waals surface area contributed by atoms with Gasteiger partial charge in [0.1, 0.15) is 0 Å². The van der Waals surface area contributed by atoms with E-state index in [1.807, 2.05) is 51.1 Å². The van der Waals surface area contributed by atoms with E-state index >= 15 is 0 Å². The normalized spacial score (nSPS) is 21.0. The van der Waals surface area contributed by atoms with E-state index in [4.69, 9.17) is 5.73 Å². The number of carbonyl (C=O) groups is 2. The van der Waals surface area contributed by atoms with Crippen molar-refractivity contribution in [3.05, 3.63) is 63.1 Å². The number of nitrogens with two attached hydrogens (primary N) is 1. The van der Waals surface area contributed by atoms with E-state index in [1.165, 1.54) is 6.34 Å². The summed E-state index contributed by atoms with van der Waals surface area (Å²) >= 11 is 3.42. The molecule has 3 rings (SSSR count). The number of halogens is 1. The number of benzene rings is 2. The van der Waals surface area contributed by atoms with Gasteiger partial charge in [0.15, 0.2) is 11.6 Å². The second-order valence-corrected chi connectivity index (χ2v) is 7.66. The van der Waals surface area contributed by atoms with Crippen molar-refractivity contribution in [2.24, 2.45) is 10.7 Å². The molecule has 6 nitrogen and oxygen atoms in total. The third-order valence-electron chi connectivity index (χ3n) is 4.96. The lowest BCUT2D eigenvalue weighted by Gasteiger charge is -2.32. The minimum absolute atomic E-state index is 0.405. The summed E-state index contributed by atoms with van der Waals surface area (Å²) in [7, 11) is 0. The molecule has 0 bridgehead atoms. The molecular weight excluding hydrogens is 408 g/mol. The predicted octanol–water partition coefficient (Wildman–Crippen LogP) is 2.69. The Bertz CT molecular complexity index is 957. The highest BCUT2D eigenvalue weighted by Gasteiger charge is 2.52. The van der Waals surface area contributed by atoms with Crippen LogP contribution in [0.2, 0.25) is 0 Å². The molecule has 1 aliphatic heterocycles. The average molecular weight is 429 g/mol. The zero-order valence-electron chi connectivity index (χ0n) is 15.3. The summed E-state index contributed by atoms with van der Waals surface area (Å²) in [6.07, 6.45) is 1.37. The molecule has 2 aromatic carbocycles. The van der Waals surface area contributed by atoms with Gasteiger partial charge in [-0.15, -0.1) is 0 Å². The number of primary amides is 1. The number of hydrogen-bond acceptors (Lipinski definition) is 4. The maximum absolute atomic E-state index is 13.0. The molecule has 4 N–H and O–H groups in total. The van der Waals surface area contributed by atoms with Gasteiger partial charge in [-0.25, -0.2) is 0 Å². The number of nitrogens with one attached hydrogen (secondary N) is 2. The lowest BCUT2D eigenvalue weighted by atomic mass is 9.80. The molecule has 0 aliphatic carbocycles. The predicted molar refractivity (Wildman–Crippen MR) is 110 cm³/mol. The van der Waals surface area contributed by atoms with Gasteiger partial charge in [-0.3, -0.25) is 14.6 Å². The molecule has 1 heterocycles. The van der Waals surface area contributed by atoms with Gasteiger partial charge in [0.25, 0.3) is 11.8 Å². The number of carbonyl (C=O) groups excluding carboxylic acids is 2. The van der Waals surface area contributed by atoms with E-state index in [1.54, 1.807) is 6.07 Å². The van der Waals surface area contributed by atoms with Crippen LogP contribution in [0.1, 0.15) is 22.3 Å². The molecule has 2 amide bonds. The third-order valence-corrected chi connectivity index (χ3v) is 5.46. The molecule has 0 radical (unpaired) electrons. The van der Waals surface area contributed by atoms with Crippen LogP contribution in [0, 0.1) is 20.8 Å². The van der Waals surface area contributed by atoms with Crippen molar-refractivity contribution in [1.82, 2.24) is 5.32 Å². The molecule has 0 saturated heterocycles. The zero-order valence-corrected chi connectivity index (χ0v) is 16.9. The number of rotatable bonds is 4. The third kappa shape index (κ3) is 3.35. The van der Waals surface area contributed by atoms with E-state index in [2.05, 4.69) is 31.6 Å². The number of aliphatic imine (C=N–C) groups is 1. The first-order valence-corrected chi connectivity index (χ1v) is 9.29. The van der Waals surface area contributed by atoms with E-state index in [0.29, 0.717) is 11.3 Å². The highest BCUT2D eigenvalue weighted by molar-refractivity contribution is 9.10. The summed E-state index contributed by atoms with van der Waals surface area (Å²) in [4.78, 5) is 29.8. The lowest BCUT2D eigenvalue weighted by Crippen LogP contribution is -2.59. The fourth-order valence-electron chi connectivity index (χ4n) is 3.28. The number of hydrogen-bond donors (Lipinski definition) is 3. The molecule has 27 heavy (non-hydrogen) atoms. The Hall–Kier alpha value is -2.67. The van der Waals surface area contributed by atoms with Crippen LogP contribution in [-0.4, -0.2) is 24.2 Å². The van der Waals surface area contributed by atoms with E-state index < -0.39 is 23.4 Å². The Morgan fingerprint density at radius 1 is 1.11 bits per heavy atom. The van der Waals surface area contributed by atoms with Crippen LogP contribution in [0.5, 0.6) is 0 Å². The summed E-state index contributed by atoms with van der Waals surface area (Å²) in [6.45, 7) is 5.84. The minimum atomic E-state index is -1.45. The summed E-state index contributed by atoms with van der Waals surface area (Å²) in [5, 5.41) is 5.80. The van der Waals surface area contributed by atoms with E-state index in [0.717, 1.165) is 21.2 Å². The summed E-state index contributed by atoms with van der Waals surface area (Å²) in [5.41, 5.74) is 8.61. The van der Waals surface area contributed by atoms with Crippen molar-refractivity contribution >= 4 is 39.8 Å². The number of anilines is 1. The van der Waals surface area contributed by atoms with Gasteiger partial charge in [0, 0.05) is 10.2 Å². The zero-order chi connectivity index (χ0) is 19.8. The van der Waals surface area contributed by atoms with Crippen molar-refractivity contribution in [2.45, 2.75) is 32.4 Å². The molecule has 7 heteroatoms. The van der Waals surface area contributed by atoms with Crippen LogP contribution in [0.3, 0.4) is 0 Å². The van der Waals surface area contributed by atoms with Gasteiger partial charge in [-0.2, -0.15) is 0 Å². The van der Waals surface area contributed by atoms with Crippen LogP contribution >= 0.6 is 15.9 Å². The first kappa shape index (κ1) is 19.1. The van der Waals surface area contributed by atoms with Crippen molar-refractivity contribution in [3.8, 4) is 0 Å². The Kier molecular flexibility index (Phi) is 5.06. The van der Waals surface area contributed by atoms with Gasteiger partial charge in [0.05, 0.1) is 6.34 Å². The second-order valence-electron chi connectivity index (χ2n) is 6.74. The first-order valence-electron chi connectivity index (χ1n) is 8.49. The van der Waals surface area contributed by atoms with E-state index in [-0.39, 0.29) is 0 Å². The summed E-state index contributed by atoms with van der Waals surface area (Å²) in [5.74, 6) is -1.07. The second kappa shape index (κ2) is 7.15. The van der Waals surface area contributed by atoms with Gasteiger partial charge < -0.3 is 16.4 Å². The molecule has 2 unspecified atom stereocenters. The molecule has 0 spiro atoms. The highest BCUT2D eigenvalue weighted by atomic mass is 79.9. The molecule has 0 aromatic heterocycles. The van der Waals surface area contributed by atoms with Gasteiger partial charge >= 0.3 is 0 Å². The first-order chi connectivity index (χ1) is 12.8. The van der Waals surface area contributed by atoms with Crippen molar-refractivity contribution in [1.29, 1.82) is 0 Å². The Morgan fingerprint density at radius 2 is 1.81 bits per heavy atom. The topological polar surface area (TPSA) is 96.6 Å². The maximum Gasteiger partial charge on any atom is 0.252 e. The van der Waals surface area contributed by atoms with Crippen molar-refractivity contribution in [3.63, 3.8) is 0 Å². The molecule has 2 aromatic rings. The molecule has 0 saturated carbocycles. The maximum atomic E-state index is 13.0. The Labute approximate surface area is 166 Å². The van der Waals surface area contributed by atoms with Crippen LogP contribution in [-0.2, 0) is 15.1 Å².